The lowest BCUT2D eigenvalue weighted by atomic mass is 10.0. The Bertz CT molecular complexity index is 745. The highest BCUT2D eigenvalue weighted by atomic mass is 16.5. The molecular formula is C21H27N3O2. The number of rotatable bonds is 5. The summed E-state index contributed by atoms with van der Waals surface area (Å²) in [6.45, 7) is 5.70. The van der Waals surface area contributed by atoms with Crippen LogP contribution >= 0.6 is 0 Å². The van der Waals surface area contributed by atoms with E-state index in [1.165, 1.54) is 11.1 Å². The maximum atomic E-state index is 13.1. The first-order valence-electron chi connectivity index (χ1n) is 9.64. The molecule has 1 amide bonds. The second-order valence-electron chi connectivity index (χ2n) is 7.58. The molecule has 138 valence electrons. The van der Waals surface area contributed by atoms with Gasteiger partial charge in [0, 0.05) is 38.2 Å². The molecule has 1 aromatic heterocycles. The van der Waals surface area contributed by atoms with E-state index in [2.05, 4.69) is 33.8 Å². The van der Waals surface area contributed by atoms with E-state index in [9.17, 15) is 4.79 Å². The molecule has 5 nitrogen and oxygen atoms in total. The zero-order chi connectivity index (χ0) is 17.9. The minimum Gasteiger partial charge on any atom is -0.381 e. The van der Waals surface area contributed by atoms with Crippen LogP contribution in [0.1, 0.15) is 30.2 Å². The number of fused-ring (bicyclic) bond motifs is 2. The first-order chi connectivity index (χ1) is 12.7. The van der Waals surface area contributed by atoms with Gasteiger partial charge in [-0.05, 0) is 36.8 Å². The summed E-state index contributed by atoms with van der Waals surface area (Å²) in [5.74, 6) is 1.01. The Hall–Kier alpha value is -2.14. The molecular weight excluding hydrogens is 326 g/mol. The normalized spacial score (nSPS) is 19.9. The lowest BCUT2D eigenvalue weighted by Crippen LogP contribution is -2.36. The van der Waals surface area contributed by atoms with Gasteiger partial charge < -0.3 is 14.2 Å². The third kappa shape index (κ3) is 3.68. The molecule has 0 radical (unpaired) electrons. The average molecular weight is 353 g/mol. The molecule has 2 heterocycles. The quantitative estimate of drug-likeness (QED) is 0.830. The Balaban J connectivity index is 1.43. The molecule has 0 fully saturated rings. The van der Waals surface area contributed by atoms with Crippen molar-refractivity contribution in [2.45, 2.75) is 39.3 Å². The molecule has 26 heavy (non-hydrogen) atoms. The largest absolute Gasteiger partial charge is 0.381 e. The van der Waals surface area contributed by atoms with E-state index in [0.717, 1.165) is 31.6 Å². The van der Waals surface area contributed by atoms with Gasteiger partial charge in [-0.3, -0.25) is 4.79 Å². The Morgan fingerprint density at radius 1 is 1.19 bits per heavy atom. The Morgan fingerprint density at radius 3 is 2.69 bits per heavy atom. The van der Waals surface area contributed by atoms with Crippen molar-refractivity contribution < 1.29 is 9.53 Å². The van der Waals surface area contributed by atoms with E-state index in [1.54, 1.807) is 0 Å². The van der Waals surface area contributed by atoms with Gasteiger partial charge >= 0.3 is 0 Å². The van der Waals surface area contributed by atoms with Crippen LogP contribution in [0.5, 0.6) is 0 Å². The SMILES string of the molecule is CCOCC1CN(C(=O)CC2Cc3ccccc3C2)Cc2cncn2C1. The topological polar surface area (TPSA) is 47.4 Å². The van der Waals surface area contributed by atoms with Crippen LogP contribution in [-0.2, 0) is 35.5 Å². The summed E-state index contributed by atoms with van der Waals surface area (Å²) in [6.07, 6.45) is 6.43. The fourth-order valence-corrected chi connectivity index (χ4v) is 4.30. The van der Waals surface area contributed by atoms with E-state index in [-0.39, 0.29) is 5.91 Å². The van der Waals surface area contributed by atoms with Crippen molar-refractivity contribution in [3.8, 4) is 0 Å². The molecule has 0 bridgehead atoms. The van der Waals surface area contributed by atoms with E-state index in [4.69, 9.17) is 4.74 Å². The highest BCUT2D eigenvalue weighted by Crippen LogP contribution is 2.29. The molecule has 2 aliphatic rings. The molecule has 1 aromatic carbocycles. The molecule has 0 saturated heterocycles. The molecule has 0 spiro atoms. The number of aromatic nitrogens is 2. The van der Waals surface area contributed by atoms with E-state index >= 15 is 0 Å². The Kier molecular flexibility index (Phi) is 5.07. The number of carbonyl (C=O) groups excluding carboxylic acids is 1. The van der Waals surface area contributed by atoms with Crippen molar-refractivity contribution >= 4 is 5.91 Å². The summed E-state index contributed by atoms with van der Waals surface area (Å²) in [6, 6.07) is 8.58. The van der Waals surface area contributed by atoms with Gasteiger partial charge in [0.25, 0.3) is 0 Å². The second kappa shape index (κ2) is 7.62. The molecule has 1 aliphatic carbocycles. The van der Waals surface area contributed by atoms with Crippen molar-refractivity contribution in [1.29, 1.82) is 0 Å². The fraction of sp³-hybridized carbons (Fsp3) is 0.524. The third-order valence-electron chi connectivity index (χ3n) is 5.59. The standard InChI is InChI=1S/C21H27N3O2/c1-2-26-14-17-11-23(13-20-10-22-15-24(20)12-17)21(25)9-16-7-18-5-3-4-6-19(18)8-16/h3-6,10,15-17H,2,7-9,11-14H2,1H3. The molecule has 0 N–H and O–H groups in total. The minimum absolute atomic E-state index is 0.263. The molecule has 1 unspecified atom stereocenters. The first-order valence-corrected chi connectivity index (χ1v) is 9.64. The number of nitrogens with zero attached hydrogens (tertiary/aromatic N) is 3. The molecule has 5 heteroatoms. The zero-order valence-electron chi connectivity index (χ0n) is 15.4. The molecule has 1 atom stereocenters. The summed E-state index contributed by atoms with van der Waals surface area (Å²) >= 11 is 0. The maximum absolute atomic E-state index is 13.1. The van der Waals surface area contributed by atoms with Gasteiger partial charge in [0.15, 0.2) is 0 Å². The highest BCUT2D eigenvalue weighted by molar-refractivity contribution is 5.76. The van der Waals surface area contributed by atoms with Crippen molar-refractivity contribution in [3.63, 3.8) is 0 Å². The van der Waals surface area contributed by atoms with E-state index in [0.29, 0.717) is 38.0 Å². The average Bonchev–Trinajstić information content (AvgIpc) is 3.20. The van der Waals surface area contributed by atoms with Crippen LogP contribution in [0.3, 0.4) is 0 Å². The van der Waals surface area contributed by atoms with Gasteiger partial charge in [0.2, 0.25) is 5.91 Å². The fourth-order valence-electron chi connectivity index (χ4n) is 4.30. The van der Waals surface area contributed by atoms with Crippen molar-refractivity contribution in [3.05, 3.63) is 53.6 Å². The van der Waals surface area contributed by atoms with Crippen LogP contribution in [0.4, 0.5) is 0 Å². The molecule has 1 aliphatic heterocycles. The predicted octanol–water partition coefficient (Wildman–Crippen LogP) is 2.68. The van der Waals surface area contributed by atoms with Crippen molar-refractivity contribution in [2.75, 3.05) is 19.8 Å². The molecule has 0 saturated carbocycles. The second-order valence-corrected chi connectivity index (χ2v) is 7.58. The first kappa shape index (κ1) is 17.3. The van der Waals surface area contributed by atoms with Crippen molar-refractivity contribution in [1.82, 2.24) is 14.5 Å². The Morgan fingerprint density at radius 2 is 1.96 bits per heavy atom. The number of benzene rings is 1. The van der Waals surface area contributed by atoms with Crippen LogP contribution < -0.4 is 0 Å². The zero-order valence-corrected chi connectivity index (χ0v) is 15.4. The van der Waals surface area contributed by atoms with Gasteiger partial charge in [-0.15, -0.1) is 0 Å². The van der Waals surface area contributed by atoms with Gasteiger partial charge in [-0.25, -0.2) is 4.98 Å². The van der Waals surface area contributed by atoms with Crippen LogP contribution in [0.15, 0.2) is 36.8 Å². The van der Waals surface area contributed by atoms with Gasteiger partial charge in [0.05, 0.1) is 25.2 Å². The summed E-state index contributed by atoms with van der Waals surface area (Å²) < 4.78 is 7.82. The van der Waals surface area contributed by atoms with Crippen LogP contribution in [0, 0.1) is 11.8 Å². The van der Waals surface area contributed by atoms with Crippen LogP contribution in [0.2, 0.25) is 0 Å². The van der Waals surface area contributed by atoms with Crippen LogP contribution in [-0.4, -0.2) is 40.1 Å². The number of amides is 1. The monoisotopic (exact) mass is 353 g/mol. The lowest BCUT2D eigenvalue weighted by Gasteiger charge is -2.25. The number of carbonyl (C=O) groups is 1. The third-order valence-corrected chi connectivity index (χ3v) is 5.59. The van der Waals surface area contributed by atoms with E-state index in [1.807, 2.05) is 24.3 Å². The van der Waals surface area contributed by atoms with Gasteiger partial charge in [0.1, 0.15) is 0 Å². The lowest BCUT2D eigenvalue weighted by molar-refractivity contribution is -0.133. The predicted molar refractivity (Wildman–Crippen MR) is 99.6 cm³/mol. The van der Waals surface area contributed by atoms with Crippen LogP contribution in [0.25, 0.3) is 0 Å². The number of ether oxygens (including phenoxy) is 1. The highest BCUT2D eigenvalue weighted by Gasteiger charge is 2.29. The molecule has 4 rings (SSSR count). The summed E-state index contributed by atoms with van der Waals surface area (Å²) in [4.78, 5) is 19.4. The number of imidazole rings is 1. The Labute approximate surface area is 155 Å². The smallest absolute Gasteiger partial charge is 0.223 e. The maximum Gasteiger partial charge on any atom is 0.223 e. The summed E-state index contributed by atoms with van der Waals surface area (Å²) in [7, 11) is 0. The summed E-state index contributed by atoms with van der Waals surface area (Å²) in [5.41, 5.74) is 3.94. The number of hydrogen-bond acceptors (Lipinski definition) is 3. The summed E-state index contributed by atoms with van der Waals surface area (Å²) in [5, 5.41) is 0. The number of hydrogen-bond donors (Lipinski definition) is 0. The molecule has 2 aromatic rings. The minimum atomic E-state index is 0.263. The van der Waals surface area contributed by atoms with E-state index < -0.39 is 0 Å². The van der Waals surface area contributed by atoms with Gasteiger partial charge in [-0.1, -0.05) is 24.3 Å². The van der Waals surface area contributed by atoms with Crippen molar-refractivity contribution in [2.24, 2.45) is 11.8 Å². The van der Waals surface area contributed by atoms with Gasteiger partial charge in [-0.2, -0.15) is 0 Å².